The number of hydrogen-bond acceptors (Lipinski definition) is 7. The predicted octanol–water partition coefficient (Wildman–Crippen LogP) is 2.24. The smallest absolute Gasteiger partial charge is 0.269 e. The maximum atomic E-state index is 11.5. The van der Waals surface area contributed by atoms with Crippen LogP contribution in [0.2, 0.25) is 0 Å². The summed E-state index contributed by atoms with van der Waals surface area (Å²) in [4.78, 5) is 13.0. The minimum atomic E-state index is -1.14. The van der Waals surface area contributed by atoms with Gasteiger partial charge in [-0.1, -0.05) is 24.3 Å². The fourth-order valence-corrected chi connectivity index (χ4v) is 7.42. The summed E-state index contributed by atoms with van der Waals surface area (Å²) >= 11 is 0. The van der Waals surface area contributed by atoms with Crippen LogP contribution < -0.4 is 0 Å². The van der Waals surface area contributed by atoms with E-state index < -0.39 is 28.8 Å². The van der Waals surface area contributed by atoms with Crippen molar-refractivity contribution >= 4 is 5.69 Å². The van der Waals surface area contributed by atoms with Crippen LogP contribution in [0, 0.1) is 21.4 Å². The third kappa shape index (κ3) is 2.53. The number of nitro groups is 1. The summed E-state index contributed by atoms with van der Waals surface area (Å²) in [7, 11) is 2.16. The van der Waals surface area contributed by atoms with Crippen LogP contribution in [-0.2, 0) is 10.3 Å². The number of aliphatic hydroxyl groups is 2. The molecule has 7 rings (SSSR count). The van der Waals surface area contributed by atoms with Gasteiger partial charge >= 0.3 is 0 Å². The molecule has 0 saturated carbocycles. The maximum Gasteiger partial charge on any atom is 0.269 e. The van der Waals surface area contributed by atoms with E-state index in [1.807, 2.05) is 18.3 Å². The van der Waals surface area contributed by atoms with E-state index in [0.29, 0.717) is 17.3 Å². The Kier molecular flexibility index (Phi) is 4.23. The molecule has 1 aromatic heterocycles. The molecule has 1 aromatic carbocycles. The molecular weight excluding hydrogens is 448 g/mol. The van der Waals surface area contributed by atoms with Crippen LogP contribution in [0.4, 0.5) is 5.69 Å². The van der Waals surface area contributed by atoms with E-state index in [9.17, 15) is 20.3 Å². The van der Waals surface area contributed by atoms with Gasteiger partial charge in [0, 0.05) is 41.3 Å². The summed E-state index contributed by atoms with van der Waals surface area (Å²) in [5.41, 5.74) is 2.13. The second-order valence-electron chi connectivity index (χ2n) is 10.4. The first kappa shape index (κ1) is 21.2. The number of benzene rings is 1. The Hall–Kier alpha value is -3.11. The van der Waals surface area contributed by atoms with E-state index in [1.165, 1.54) is 17.7 Å². The van der Waals surface area contributed by atoms with Crippen LogP contribution in [0.1, 0.15) is 18.4 Å². The molecule has 2 N–H and O–H groups in total. The average Bonchev–Trinajstić information content (AvgIpc) is 3.46. The van der Waals surface area contributed by atoms with Crippen LogP contribution in [0.5, 0.6) is 0 Å². The number of likely N-dealkylation sites (tertiary alicyclic amines) is 1. The van der Waals surface area contributed by atoms with Gasteiger partial charge in [0.15, 0.2) is 0 Å². The highest BCUT2D eigenvalue weighted by atomic mass is 16.6. The van der Waals surface area contributed by atoms with Gasteiger partial charge in [-0.15, -0.1) is 0 Å². The minimum absolute atomic E-state index is 0.0104. The molecule has 3 aliphatic carbocycles. The van der Waals surface area contributed by atoms with E-state index in [0.717, 1.165) is 25.0 Å². The lowest BCUT2D eigenvalue weighted by Crippen LogP contribution is -2.62. The number of ether oxygens (including phenoxy) is 1. The van der Waals surface area contributed by atoms with Gasteiger partial charge in [-0.25, -0.2) is 4.68 Å². The molecule has 0 amide bonds. The molecule has 2 saturated heterocycles. The van der Waals surface area contributed by atoms with Crippen molar-refractivity contribution < 1.29 is 19.9 Å². The standard InChI is InChI=1S/C26H26N4O5/c1-28-11-10-25-19-7-8-21(31)24(25)35-26(22(32)9-2-15(23(25)26)12-20(19)28)16-13-27-29(14-16)17-3-5-18(6-4-17)30(33)34/h2-9,13-14,19-22,24,31-32H,10-12H2,1H3/t19-,20+,21-,22?,24-,25-,26?/m0/s1. The Morgan fingerprint density at radius 3 is 2.77 bits per heavy atom. The summed E-state index contributed by atoms with van der Waals surface area (Å²) in [6.45, 7) is 0.899. The van der Waals surface area contributed by atoms with Crippen molar-refractivity contribution in [2.75, 3.05) is 13.6 Å². The third-order valence-corrected chi connectivity index (χ3v) is 8.92. The molecule has 7 atom stereocenters. The zero-order valence-electron chi connectivity index (χ0n) is 19.2. The number of nitrogens with zero attached hydrogens (tertiary/aromatic N) is 4. The van der Waals surface area contributed by atoms with Gasteiger partial charge in [0.1, 0.15) is 11.7 Å². The van der Waals surface area contributed by atoms with Crippen LogP contribution in [0.15, 0.2) is 72.1 Å². The second-order valence-corrected chi connectivity index (χ2v) is 10.4. The molecule has 0 radical (unpaired) electrons. The fourth-order valence-electron chi connectivity index (χ4n) is 7.42. The van der Waals surface area contributed by atoms with Crippen LogP contribution >= 0.6 is 0 Å². The highest BCUT2D eigenvalue weighted by Gasteiger charge is 2.72. The molecule has 35 heavy (non-hydrogen) atoms. The van der Waals surface area contributed by atoms with E-state index in [1.54, 1.807) is 29.1 Å². The van der Waals surface area contributed by atoms with Crippen molar-refractivity contribution in [1.82, 2.24) is 14.7 Å². The topological polar surface area (TPSA) is 114 Å². The Morgan fingerprint density at radius 2 is 2.00 bits per heavy atom. The number of non-ortho nitro benzene ring substituents is 1. The first-order chi connectivity index (χ1) is 16.9. The molecule has 2 aromatic rings. The number of nitro benzene ring substituents is 1. The van der Waals surface area contributed by atoms with Crippen molar-refractivity contribution in [3.63, 3.8) is 0 Å². The monoisotopic (exact) mass is 474 g/mol. The fraction of sp³-hybridized carbons (Fsp3) is 0.423. The first-order valence-corrected chi connectivity index (χ1v) is 12.0. The van der Waals surface area contributed by atoms with Crippen LogP contribution in [0.3, 0.4) is 0 Å². The Labute approximate surface area is 201 Å². The molecule has 3 heterocycles. The summed E-state index contributed by atoms with van der Waals surface area (Å²) in [5, 5.41) is 38.2. The molecular formula is C26H26N4O5. The molecule has 5 aliphatic rings. The van der Waals surface area contributed by atoms with Crippen molar-refractivity contribution in [1.29, 1.82) is 0 Å². The van der Waals surface area contributed by atoms with Gasteiger partial charge < -0.3 is 19.8 Å². The van der Waals surface area contributed by atoms with Gasteiger partial charge in [0.25, 0.3) is 5.69 Å². The summed E-state index contributed by atoms with van der Waals surface area (Å²) < 4.78 is 8.49. The zero-order chi connectivity index (χ0) is 24.1. The minimum Gasteiger partial charge on any atom is -0.386 e. The van der Waals surface area contributed by atoms with Crippen molar-refractivity contribution in [2.45, 2.75) is 42.8 Å². The third-order valence-electron chi connectivity index (χ3n) is 8.92. The quantitative estimate of drug-likeness (QED) is 0.398. The van der Waals surface area contributed by atoms with E-state index in [4.69, 9.17) is 4.74 Å². The molecule has 180 valence electrons. The molecule has 9 heteroatoms. The predicted molar refractivity (Wildman–Crippen MR) is 126 cm³/mol. The summed E-state index contributed by atoms with van der Waals surface area (Å²) in [6.07, 6.45) is 10.9. The van der Waals surface area contributed by atoms with Crippen molar-refractivity contribution in [2.24, 2.45) is 11.3 Å². The zero-order valence-corrected chi connectivity index (χ0v) is 19.2. The number of rotatable bonds is 3. The number of aromatic nitrogens is 2. The van der Waals surface area contributed by atoms with Gasteiger partial charge in [-0.2, -0.15) is 5.10 Å². The molecule has 9 nitrogen and oxygen atoms in total. The van der Waals surface area contributed by atoms with Gasteiger partial charge in [-0.05, 0) is 49.7 Å². The highest BCUT2D eigenvalue weighted by Crippen LogP contribution is 2.69. The number of piperidine rings is 1. The molecule has 1 spiro atoms. The number of hydrogen-bond donors (Lipinski definition) is 2. The summed E-state index contributed by atoms with van der Waals surface area (Å²) in [5.74, 6) is 0.193. The second kappa shape index (κ2) is 6.98. The highest BCUT2D eigenvalue weighted by molar-refractivity contribution is 5.56. The lowest BCUT2D eigenvalue weighted by Gasteiger charge is -2.58. The van der Waals surface area contributed by atoms with Crippen LogP contribution in [-0.4, -0.2) is 67.8 Å². The number of allylic oxidation sites excluding steroid dienone is 1. The lowest BCUT2D eigenvalue weighted by molar-refractivity contribution is -0.384. The molecule has 2 unspecified atom stereocenters. The Balaban J connectivity index is 1.39. The van der Waals surface area contributed by atoms with E-state index in [2.05, 4.69) is 23.1 Å². The Morgan fingerprint density at radius 1 is 1.20 bits per heavy atom. The Bertz CT molecular complexity index is 1330. The maximum absolute atomic E-state index is 11.5. The van der Waals surface area contributed by atoms with Crippen molar-refractivity contribution in [3.05, 3.63) is 87.8 Å². The van der Waals surface area contributed by atoms with E-state index >= 15 is 0 Å². The van der Waals surface area contributed by atoms with Gasteiger partial charge in [0.05, 0.1) is 29.0 Å². The first-order valence-electron chi connectivity index (χ1n) is 12.0. The summed E-state index contributed by atoms with van der Waals surface area (Å²) in [6, 6.07) is 6.50. The molecule has 2 fully saturated rings. The van der Waals surface area contributed by atoms with E-state index in [-0.39, 0.29) is 17.0 Å². The number of aliphatic hydroxyl groups excluding tert-OH is 2. The van der Waals surface area contributed by atoms with Crippen molar-refractivity contribution in [3.8, 4) is 5.69 Å². The molecule has 2 aliphatic heterocycles. The normalized spacial score (nSPS) is 39.1. The van der Waals surface area contributed by atoms with Gasteiger partial charge in [0.2, 0.25) is 0 Å². The van der Waals surface area contributed by atoms with Crippen LogP contribution in [0.25, 0.3) is 5.69 Å². The molecule has 2 bridgehead atoms. The SMILES string of the molecule is CN1CC[C@]23C4=C5C=CC(O)C4(c4cnn(-c6ccc([N+](=O)[O-])cc6)c4)O[C@H]2[C@@H](O)C=C[C@H]3[C@H]1C5. The average molecular weight is 475 g/mol. The van der Waals surface area contributed by atoms with Gasteiger partial charge in [-0.3, -0.25) is 10.1 Å². The largest absolute Gasteiger partial charge is 0.386 e. The lowest BCUT2D eigenvalue weighted by atomic mass is 9.50.